The van der Waals surface area contributed by atoms with Crippen molar-refractivity contribution in [3.8, 4) is 5.75 Å². The minimum Gasteiger partial charge on any atom is -0.487 e. The molecule has 1 aliphatic heterocycles. The van der Waals surface area contributed by atoms with Gasteiger partial charge in [-0.1, -0.05) is 12.1 Å². The van der Waals surface area contributed by atoms with Crippen molar-refractivity contribution >= 4 is 22.5 Å². The third-order valence-electron chi connectivity index (χ3n) is 4.67. The van der Waals surface area contributed by atoms with E-state index in [4.69, 9.17) is 4.74 Å². The second-order valence-electron chi connectivity index (χ2n) is 7.30. The van der Waals surface area contributed by atoms with Crippen LogP contribution >= 0.6 is 0 Å². The number of halogens is 1. The molecular formula is C21H20FN3O2. The summed E-state index contributed by atoms with van der Waals surface area (Å²) < 4.78 is 19.6. The van der Waals surface area contributed by atoms with Gasteiger partial charge in [0.05, 0.1) is 11.7 Å². The predicted octanol–water partition coefficient (Wildman–Crippen LogP) is 4.80. The number of nitrogens with zero attached hydrogens (tertiary/aromatic N) is 1. The van der Waals surface area contributed by atoms with Gasteiger partial charge in [-0.15, -0.1) is 0 Å². The second-order valence-corrected chi connectivity index (χ2v) is 7.30. The van der Waals surface area contributed by atoms with Crippen LogP contribution in [0.4, 0.5) is 14.9 Å². The minimum absolute atomic E-state index is 0.354. The summed E-state index contributed by atoms with van der Waals surface area (Å²) in [6.07, 6.45) is 3.96. The summed E-state index contributed by atoms with van der Waals surface area (Å²) in [6, 6.07) is 11.2. The fourth-order valence-electron chi connectivity index (χ4n) is 3.49. The summed E-state index contributed by atoms with van der Waals surface area (Å²) in [4.78, 5) is 16.8. The molecule has 0 aliphatic carbocycles. The van der Waals surface area contributed by atoms with Crippen molar-refractivity contribution in [1.82, 2.24) is 10.3 Å². The van der Waals surface area contributed by atoms with Crippen LogP contribution in [0, 0.1) is 5.82 Å². The highest BCUT2D eigenvalue weighted by Gasteiger charge is 2.34. The van der Waals surface area contributed by atoms with Crippen molar-refractivity contribution in [2.75, 3.05) is 5.32 Å². The highest BCUT2D eigenvalue weighted by Crippen LogP contribution is 2.39. The molecule has 1 atom stereocenters. The number of hydrogen-bond acceptors (Lipinski definition) is 3. The van der Waals surface area contributed by atoms with E-state index in [0.29, 0.717) is 23.4 Å². The number of fused-ring (bicyclic) bond motifs is 2. The molecule has 0 fully saturated rings. The number of carbonyl (C=O) groups excluding carboxylic acids is 1. The lowest BCUT2D eigenvalue weighted by molar-refractivity contribution is 0.0680. The summed E-state index contributed by atoms with van der Waals surface area (Å²) in [5.74, 6) is 0.233. The van der Waals surface area contributed by atoms with E-state index in [1.165, 1.54) is 12.1 Å². The van der Waals surface area contributed by atoms with Crippen molar-refractivity contribution in [3.63, 3.8) is 0 Å². The van der Waals surface area contributed by atoms with E-state index in [-0.39, 0.29) is 17.9 Å². The summed E-state index contributed by atoms with van der Waals surface area (Å²) in [5.41, 5.74) is 0.847. The number of pyridine rings is 1. The number of nitrogens with one attached hydrogen (secondary N) is 2. The van der Waals surface area contributed by atoms with Crippen molar-refractivity contribution in [1.29, 1.82) is 0 Å². The lowest BCUT2D eigenvalue weighted by atomic mass is 9.89. The highest BCUT2D eigenvalue weighted by atomic mass is 19.1. The molecule has 3 aromatic rings. The lowest BCUT2D eigenvalue weighted by Gasteiger charge is -2.37. The topological polar surface area (TPSA) is 63.2 Å². The molecule has 2 aromatic carbocycles. The Kier molecular flexibility index (Phi) is 4.18. The molecule has 2 heterocycles. The molecule has 0 bridgehead atoms. The van der Waals surface area contributed by atoms with Gasteiger partial charge >= 0.3 is 6.03 Å². The van der Waals surface area contributed by atoms with Gasteiger partial charge in [-0.3, -0.25) is 4.98 Å². The normalized spacial score (nSPS) is 17.7. The Morgan fingerprint density at radius 1 is 1.26 bits per heavy atom. The zero-order chi connectivity index (χ0) is 19.0. The molecule has 138 valence electrons. The molecule has 4 rings (SSSR count). The van der Waals surface area contributed by atoms with Gasteiger partial charge < -0.3 is 15.4 Å². The predicted molar refractivity (Wildman–Crippen MR) is 102 cm³/mol. The average Bonchev–Trinajstić information content (AvgIpc) is 2.62. The first-order valence-electron chi connectivity index (χ1n) is 8.80. The zero-order valence-corrected chi connectivity index (χ0v) is 15.1. The van der Waals surface area contributed by atoms with Gasteiger partial charge in [0.1, 0.15) is 17.2 Å². The van der Waals surface area contributed by atoms with Gasteiger partial charge in [-0.05, 0) is 49.6 Å². The van der Waals surface area contributed by atoms with Crippen LogP contribution in [0.1, 0.15) is 31.9 Å². The van der Waals surface area contributed by atoms with E-state index in [0.717, 1.165) is 10.8 Å². The smallest absolute Gasteiger partial charge is 0.319 e. The number of aromatic nitrogens is 1. The number of hydrogen-bond donors (Lipinski definition) is 2. The molecule has 1 aliphatic rings. The largest absolute Gasteiger partial charge is 0.487 e. The van der Waals surface area contributed by atoms with Crippen LogP contribution in [0.3, 0.4) is 0 Å². The van der Waals surface area contributed by atoms with Gasteiger partial charge in [-0.25, -0.2) is 9.18 Å². The maximum absolute atomic E-state index is 13.7. The van der Waals surface area contributed by atoms with Crippen molar-refractivity contribution in [3.05, 3.63) is 66.2 Å². The van der Waals surface area contributed by atoms with Gasteiger partial charge in [0.2, 0.25) is 0 Å². The van der Waals surface area contributed by atoms with E-state index in [1.54, 1.807) is 18.5 Å². The first-order valence-corrected chi connectivity index (χ1v) is 8.80. The number of anilines is 1. The molecule has 0 unspecified atom stereocenters. The molecule has 2 N–H and O–H groups in total. The van der Waals surface area contributed by atoms with Crippen LogP contribution in [-0.2, 0) is 0 Å². The second kappa shape index (κ2) is 6.54. The SMILES string of the molecule is CC1(C)C[C@@H](NC(=O)Nc2cccc3ccncc23)c2cc(F)ccc2O1. The van der Waals surface area contributed by atoms with Gasteiger partial charge in [0, 0.05) is 29.8 Å². The number of rotatable bonds is 2. The fourth-order valence-corrected chi connectivity index (χ4v) is 3.49. The van der Waals surface area contributed by atoms with E-state index in [9.17, 15) is 9.18 Å². The monoisotopic (exact) mass is 365 g/mol. The molecule has 0 saturated heterocycles. The Bertz CT molecular complexity index is 1010. The fraction of sp³-hybridized carbons (Fsp3) is 0.238. The van der Waals surface area contributed by atoms with Crippen molar-refractivity contribution < 1.29 is 13.9 Å². The molecule has 5 nitrogen and oxygen atoms in total. The van der Waals surface area contributed by atoms with Crippen LogP contribution in [0.2, 0.25) is 0 Å². The summed E-state index contributed by atoms with van der Waals surface area (Å²) in [5, 5.41) is 7.68. The van der Waals surface area contributed by atoms with Gasteiger partial charge in [0.25, 0.3) is 0 Å². The Morgan fingerprint density at radius 2 is 2.11 bits per heavy atom. The standard InChI is InChI=1S/C21H20FN3O2/c1-21(2)11-18(15-10-14(22)6-7-19(15)27-21)25-20(26)24-17-5-3-4-13-8-9-23-12-16(13)17/h3-10,12,18H,11H2,1-2H3,(H2,24,25,26)/t18-/m1/s1. The van der Waals surface area contributed by atoms with E-state index < -0.39 is 5.60 Å². The Morgan fingerprint density at radius 3 is 2.96 bits per heavy atom. The van der Waals surface area contributed by atoms with Crippen LogP contribution in [-0.4, -0.2) is 16.6 Å². The average molecular weight is 365 g/mol. The van der Waals surface area contributed by atoms with Crippen LogP contribution in [0.15, 0.2) is 54.9 Å². The third-order valence-corrected chi connectivity index (χ3v) is 4.67. The maximum Gasteiger partial charge on any atom is 0.319 e. The zero-order valence-electron chi connectivity index (χ0n) is 15.1. The maximum atomic E-state index is 13.7. The van der Waals surface area contributed by atoms with Crippen LogP contribution < -0.4 is 15.4 Å². The highest BCUT2D eigenvalue weighted by molar-refractivity contribution is 6.01. The van der Waals surface area contributed by atoms with E-state index in [1.807, 2.05) is 38.1 Å². The van der Waals surface area contributed by atoms with E-state index in [2.05, 4.69) is 15.6 Å². The molecule has 0 radical (unpaired) electrons. The van der Waals surface area contributed by atoms with Crippen LogP contribution in [0.25, 0.3) is 10.8 Å². The Balaban J connectivity index is 1.58. The third kappa shape index (κ3) is 3.56. The van der Waals surface area contributed by atoms with Gasteiger partial charge in [0.15, 0.2) is 0 Å². The number of urea groups is 1. The number of ether oxygens (including phenoxy) is 1. The molecular weight excluding hydrogens is 345 g/mol. The first kappa shape index (κ1) is 17.3. The molecule has 2 amide bonds. The Labute approximate surface area is 156 Å². The van der Waals surface area contributed by atoms with Crippen LogP contribution in [0.5, 0.6) is 5.75 Å². The number of amides is 2. The number of benzene rings is 2. The van der Waals surface area contributed by atoms with Crippen molar-refractivity contribution in [2.24, 2.45) is 0 Å². The minimum atomic E-state index is -0.466. The molecule has 0 spiro atoms. The lowest BCUT2D eigenvalue weighted by Crippen LogP contribution is -2.42. The quantitative estimate of drug-likeness (QED) is 0.686. The molecule has 6 heteroatoms. The van der Waals surface area contributed by atoms with E-state index >= 15 is 0 Å². The number of carbonyl (C=O) groups is 1. The Hall–Kier alpha value is -3.15. The first-order chi connectivity index (χ1) is 12.9. The molecule has 0 saturated carbocycles. The van der Waals surface area contributed by atoms with Crippen molar-refractivity contribution in [2.45, 2.75) is 31.9 Å². The summed E-state index contributed by atoms with van der Waals surface area (Å²) >= 11 is 0. The molecule has 27 heavy (non-hydrogen) atoms. The molecule has 1 aromatic heterocycles. The van der Waals surface area contributed by atoms with Gasteiger partial charge in [-0.2, -0.15) is 0 Å². The summed E-state index contributed by atoms with van der Waals surface area (Å²) in [6.45, 7) is 3.89. The summed E-state index contributed by atoms with van der Waals surface area (Å²) in [7, 11) is 0.